The van der Waals surface area contributed by atoms with Crippen LogP contribution in [0.4, 0.5) is 0 Å². The molecule has 0 saturated carbocycles. The van der Waals surface area contributed by atoms with Gasteiger partial charge in [0, 0.05) is 24.8 Å². The summed E-state index contributed by atoms with van der Waals surface area (Å²) in [5.74, 6) is 0. The smallest absolute Gasteiger partial charge is 0.0547 e. The Morgan fingerprint density at radius 1 is 1.35 bits per heavy atom. The summed E-state index contributed by atoms with van der Waals surface area (Å²) < 4.78 is 0. The van der Waals surface area contributed by atoms with Gasteiger partial charge in [-0.2, -0.15) is 0 Å². The van der Waals surface area contributed by atoms with Crippen LogP contribution in [0.5, 0.6) is 0 Å². The van der Waals surface area contributed by atoms with E-state index in [1.807, 2.05) is 13.0 Å². The molecule has 0 bridgehead atoms. The molecule has 2 N–H and O–H groups in total. The van der Waals surface area contributed by atoms with Gasteiger partial charge in [-0.15, -0.1) is 0 Å². The van der Waals surface area contributed by atoms with Crippen LogP contribution in [0.3, 0.4) is 0 Å². The first-order valence-electron chi connectivity index (χ1n) is 6.15. The van der Waals surface area contributed by atoms with E-state index >= 15 is 0 Å². The van der Waals surface area contributed by atoms with Crippen molar-refractivity contribution in [2.45, 2.75) is 40.3 Å². The molecule has 1 unspecified atom stereocenters. The average molecular weight is 235 g/mol. The summed E-state index contributed by atoms with van der Waals surface area (Å²) >= 11 is 0. The molecule has 0 aliphatic carbocycles. The quantitative estimate of drug-likeness (QED) is 0.870. The Kier molecular flexibility index (Phi) is 4.66. The van der Waals surface area contributed by atoms with E-state index in [-0.39, 0.29) is 11.5 Å². The van der Waals surface area contributed by atoms with Gasteiger partial charge in [-0.05, 0) is 31.5 Å². The SMILES string of the molecule is Cc1cccc(CN(C)CC(N)C(C)(C)C)n1. The molecule has 0 aliphatic rings. The van der Waals surface area contributed by atoms with E-state index in [0.717, 1.165) is 24.5 Å². The lowest BCUT2D eigenvalue weighted by atomic mass is 9.87. The van der Waals surface area contributed by atoms with Crippen LogP contribution < -0.4 is 5.73 Å². The molecule has 1 heterocycles. The molecular formula is C14H25N3. The third kappa shape index (κ3) is 4.84. The zero-order chi connectivity index (χ0) is 13.1. The highest BCUT2D eigenvalue weighted by Gasteiger charge is 2.21. The van der Waals surface area contributed by atoms with Crippen molar-refractivity contribution < 1.29 is 0 Å². The molecule has 1 aromatic rings. The number of pyridine rings is 1. The maximum atomic E-state index is 6.17. The highest BCUT2D eigenvalue weighted by atomic mass is 15.1. The van der Waals surface area contributed by atoms with E-state index in [1.165, 1.54) is 0 Å². The molecule has 0 aromatic carbocycles. The van der Waals surface area contributed by atoms with Gasteiger partial charge in [0.25, 0.3) is 0 Å². The van der Waals surface area contributed by atoms with Gasteiger partial charge in [0.05, 0.1) is 5.69 Å². The second-order valence-corrected chi connectivity index (χ2v) is 5.94. The maximum absolute atomic E-state index is 6.17. The normalized spacial score (nSPS) is 14.1. The Morgan fingerprint density at radius 3 is 2.53 bits per heavy atom. The van der Waals surface area contributed by atoms with Gasteiger partial charge in [0.2, 0.25) is 0 Å². The number of likely N-dealkylation sites (N-methyl/N-ethyl adjacent to an activating group) is 1. The van der Waals surface area contributed by atoms with Crippen LogP contribution >= 0.6 is 0 Å². The van der Waals surface area contributed by atoms with Crippen molar-refractivity contribution in [2.75, 3.05) is 13.6 Å². The lowest BCUT2D eigenvalue weighted by Crippen LogP contribution is -2.44. The standard InChI is InChI=1S/C14H25N3/c1-11-7-6-8-12(16-11)9-17(5)10-13(15)14(2,3)4/h6-8,13H,9-10,15H2,1-5H3. The molecular weight excluding hydrogens is 210 g/mol. The molecule has 1 aromatic heterocycles. The molecule has 96 valence electrons. The molecule has 0 aliphatic heterocycles. The second kappa shape index (κ2) is 5.61. The molecule has 0 amide bonds. The number of nitrogens with zero attached hydrogens (tertiary/aromatic N) is 2. The third-order valence-electron chi connectivity index (χ3n) is 3.00. The lowest BCUT2D eigenvalue weighted by Gasteiger charge is -2.30. The van der Waals surface area contributed by atoms with Gasteiger partial charge in [-0.1, -0.05) is 26.8 Å². The Bertz CT molecular complexity index is 355. The molecule has 0 saturated heterocycles. The summed E-state index contributed by atoms with van der Waals surface area (Å²) in [6.07, 6.45) is 0. The van der Waals surface area contributed by atoms with E-state index in [0.29, 0.717) is 0 Å². The van der Waals surface area contributed by atoms with Crippen molar-refractivity contribution in [3.05, 3.63) is 29.6 Å². The molecule has 3 nitrogen and oxygen atoms in total. The fraction of sp³-hybridized carbons (Fsp3) is 0.643. The Hall–Kier alpha value is -0.930. The first-order valence-corrected chi connectivity index (χ1v) is 6.15. The molecule has 1 atom stereocenters. The predicted molar refractivity (Wildman–Crippen MR) is 72.7 cm³/mol. The molecule has 0 radical (unpaired) electrons. The minimum absolute atomic E-state index is 0.147. The van der Waals surface area contributed by atoms with E-state index in [9.17, 15) is 0 Å². The number of rotatable bonds is 4. The Morgan fingerprint density at radius 2 is 2.00 bits per heavy atom. The minimum Gasteiger partial charge on any atom is -0.326 e. The van der Waals surface area contributed by atoms with Crippen LogP contribution in [0.25, 0.3) is 0 Å². The number of hydrogen-bond acceptors (Lipinski definition) is 3. The van der Waals surface area contributed by atoms with E-state index < -0.39 is 0 Å². The third-order valence-corrected chi connectivity index (χ3v) is 3.00. The highest BCUT2D eigenvalue weighted by Crippen LogP contribution is 2.18. The maximum Gasteiger partial charge on any atom is 0.0547 e. The van der Waals surface area contributed by atoms with E-state index in [1.54, 1.807) is 0 Å². The minimum atomic E-state index is 0.147. The molecule has 0 spiro atoms. The molecule has 1 rings (SSSR count). The Balaban J connectivity index is 2.53. The largest absolute Gasteiger partial charge is 0.326 e. The topological polar surface area (TPSA) is 42.1 Å². The summed E-state index contributed by atoms with van der Waals surface area (Å²) in [4.78, 5) is 6.73. The number of nitrogens with two attached hydrogens (primary N) is 1. The fourth-order valence-corrected chi connectivity index (χ4v) is 1.64. The summed E-state index contributed by atoms with van der Waals surface area (Å²) in [5.41, 5.74) is 8.49. The summed E-state index contributed by atoms with van der Waals surface area (Å²) in [7, 11) is 2.09. The van der Waals surface area contributed by atoms with E-state index in [2.05, 4.69) is 49.8 Å². The number of aryl methyl sites for hydroxylation is 1. The predicted octanol–water partition coefficient (Wildman–Crippen LogP) is 2.20. The van der Waals surface area contributed by atoms with Crippen LogP contribution in [-0.2, 0) is 6.54 Å². The van der Waals surface area contributed by atoms with Gasteiger partial charge < -0.3 is 5.73 Å². The summed E-state index contributed by atoms with van der Waals surface area (Å²) in [6.45, 7) is 10.3. The van der Waals surface area contributed by atoms with Gasteiger partial charge >= 0.3 is 0 Å². The lowest BCUT2D eigenvalue weighted by molar-refractivity contribution is 0.221. The number of hydrogen-bond donors (Lipinski definition) is 1. The Labute approximate surface area is 105 Å². The number of aromatic nitrogens is 1. The average Bonchev–Trinajstić information content (AvgIpc) is 2.15. The van der Waals surface area contributed by atoms with Crippen molar-refractivity contribution in [2.24, 2.45) is 11.1 Å². The van der Waals surface area contributed by atoms with Crippen molar-refractivity contribution in [3.8, 4) is 0 Å². The van der Waals surface area contributed by atoms with Crippen molar-refractivity contribution in [1.82, 2.24) is 9.88 Å². The van der Waals surface area contributed by atoms with Crippen LogP contribution in [-0.4, -0.2) is 29.5 Å². The molecule has 17 heavy (non-hydrogen) atoms. The van der Waals surface area contributed by atoms with Crippen molar-refractivity contribution >= 4 is 0 Å². The first-order chi connectivity index (χ1) is 7.79. The fourth-order valence-electron chi connectivity index (χ4n) is 1.64. The van der Waals surface area contributed by atoms with E-state index in [4.69, 9.17) is 5.73 Å². The van der Waals surface area contributed by atoms with Crippen LogP contribution in [0.1, 0.15) is 32.2 Å². The van der Waals surface area contributed by atoms with Crippen LogP contribution in [0, 0.1) is 12.3 Å². The second-order valence-electron chi connectivity index (χ2n) is 5.94. The van der Waals surface area contributed by atoms with Gasteiger partial charge in [0.1, 0.15) is 0 Å². The zero-order valence-corrected chi connectivity index (χ0v) is 11.7. The monoisotopic (exact) mass is 235 g/mol. The van der Waals surface area contributed by atoms with Crippen molar-refractivity contribution in [1.29, 1.82) is 0 Å². The van der Waals surface area contributed by atoms with Crippen molar-refractivity contribution in [3.63, 3.8) is 0 Å². The zero-order valence-electron chi connectivity index (χ0n) is 11.7. The van der Waals surface area contributed by atoms with Crippen LogP contribution in [0.2, 0.25) is 0 Å². The van der Waals surface area contributed by atoms with Crippen LogP contribution in [0.15, 0.2) is 18.2 Å². The van der Waals surface area contributed by atoms with Gasteiger partial charge in [-0.3, -0.25) is 9.88 Å². The molecule has 3 heteroatoms. The summed E-state index contributed by atoms with van der Waals surface area (Å²) in [6, 6.07) is 6.31. The first kappa shape index (κ1) is 14.1. The summed E-state index contributed by atoms with van der Waals surface area (Å²) in [5, 5.41) is 0. The van der Waals surface area contributed by atoms with Gasteiger partial charge in [0.15, 0.2) is 0 Å². The van der Waals surface area contributed by atoms with Gasteiger partial charge in [-0.25, -0.2) is 0 Å². The molecule has 0 fully saturated rings. The highest BCUT2D eigenvalue weighted by molar-refractivity contribution is 5.09.